The van der Waals surface area contributed by atoms with Crippen molar-refractivity contribution in [2.75, 3.05) is 6.79 Å². The molecular formula is C29H24N4O3. The lowest BCUT2D eigenvalue weighted by Gasteiger charge is -2.11. The zero-order valence-electron chi connectivity index (χ0n) is 20.0. The van der Waals surface area contributed by atoms with E-state index in [1.54, 1.807) is 0 Å². The highest BCUT2D eigenvalue weighted by molar-refractivity contribution is 6.07. The summed E-state index contributed by atoms with van der Waals surface area (Å²) in [7, 11) is 0. The molecule has 0 unspecified atom stereocenters. The third-order valence-electron chi connectivity index (χ3n) is 6.30. The summed E-state index contributed by atoms with van der Waals surface area (Å²) in [6, 6.07) is 25.5. The molecule has 5 aromatic rings. The first kappa shape index (κ1) is 21.9. The van der Waals surface area contributed by atoms with Crippen molar-refractivity contribution in [2.45, 2.75) is 20.4 Å². The number of aromatic nitrogens is 3. The van der Waals surface area contributed by atoms with E-state index >= 15 is 0 Å². The normalized spacial score (nSPS) is 12.2. The molecule has 2 aromatic heterocycles. The molecule has 6 rings (SSSR count). The van der Waals surface area contributed by atoms with Gasteiger partial charge in [0.05, 0.1) is 28.0 Å². The summed E-state index contributed by atoms with van der Waals surface area (Å²) in [4.78, 5) is 18.5. The first-order chi connectivity index (χ1) is 17.6. The second kappa shape index (κ2) is 8.85. The van der Waals surface area contributed by atoms with E-state index in [1.165, 1.54) is 0 Å². The molecule has 0 aliphatic carbocycles. The highest BCUT2D eigenvalue weighted by Gasteiger charge is 2.21. The minimum Gasteiger partial charge on any atom is -0.454 e. The molecule has 0 radical (unpaired) electrons. The number of ether oxygens (including phenoxy) is 2. The first-order valence-electron chi connectivity index (χ1n) is 11.8. The standard InChI is InChI=1S/C29H24N4O3/c1-18-8-11-22(12-9-18)33-28-27(19(2)32-33)23(15-24(31-28)21-6-4-3-5-7-21)29(34)30-16-20-10-13-25-26(14-20)36-17-35-25/h3-15H,16-17H2,1-2H3,(H,30,34). The number of hydrogen-bond acceptors (Lipinski definition) is 5. The SMILES string of the molecule is Cc1ccc(-n2nc(C)c3c(C(=O)NCc4ccc5c(c4)OCO5)cc(-c4ccccc4)nc32)cc1. The van der Waals surface area contributed by atoms with Crippen molar-refractivity contribution in [3.8, 4) is 28.4 Å². The van der Waals surface area contributed by atoms with Gasteiger partial charge in [0.15, 0.2) is 17.1 Å². The predicted molar refractivity (Wildman–Crippen MR) is 138 cm³/mol. The van der Waals surface area contributed by atoms with E-state index in [-0.39, 0.29) is 12.7 Å². The van der Waals surface area contributed by atoms with Gasteiger partial charge in [-0.1, -0.05) is 54.1 Å². The number of fused-ring (bicyclic) bond motifs is 2. The van der Waals surface area contributed by atoms with Crippen LogP contribution in [0.25, 0.3) is 28.0 Å². The van der Waals surface area contributed by atoms with Crippen molar-refractivity contribution < 1.29 is 14.3 Å². The monoisotopic (exact) mass is 476 g/mol. The Morgan fingerprint density at radius 1 is 0.944 bits per heavy atom. The summed E-state index contributed by atoms with van der Waals surface area (Å²) in [6.45, 7) is 4.52. The van der Waals surface area contributed by atoms with Crippen LogP contribution < -0.4 is 14.8 Å². The van der Waals surface area contributed by atoms with Crippen LogP contribution in [0.1, 0.15) is 27.2 Å². The van der Waals surface area contributed by atoms with Crippen LogP contribution in [0.4, 0.5) is 0 Å². The number of rotatable bonds is 5. The Bertz CT molecular complexity index is 1590. The molecule has 1 N–H and O–H groups in total. The van der Waals surface area contributed by atoms with Crippen LogP contribution in [0.15, 0.2) is 78.9 Å². The number of benzene rings is 3. The minimum atomic E-state index is -0.191. The van der Waals surface area contributed by atoms with Gasteiger partial charge < -0.3 is 14.8 Å². The molecule has 0 saturated heterocycles. The molecule has 7 heteroatoms. The minimum absolute atomic E-state index is 0.191. The molecule has 36 heavy (non-hydrogen) atoms. The molecule has 3 heterocycles. The van der Waals surface area contributed by atoms with Gasteiger partial charge >= 0.3 is 0 Å². The molecule has 1 aliphatic rings. The van der Waals surface area contributed by atoms with Gasteiger partial charge in [-0.15, -0.1) is 0 Å². The van der Waals surface area contributed by atoms with E-state index in [0.717, 1.165) is 33.5 Å². The molecule has 0 saturated carbocycles. The molecule has 7 nitrogen and oxygen atoms in total. The topological polar surface area (TPSA) is 78.3 Å². The van der Waals surface area contributed by atoms with Gasteiger partial charge in [-0.3, -0.25) is 4.79 Å². The molecule has 1 aliphatic heterocycles. The Balaban J connectivity index is 1.43. The average molecular weight is 477 g/mol. The van der Waals surface area contributed by atoms with Crippen molar-refractivity contribution in [2.24, 2.45) is 0 Å². The summed E-state index contributed by atoms with van der Waals surface area (Å²) < 4.78 is 12.7. The molecule has 0 fully saturated rings. The van der Waals surface area contributed by atoms with Crippen molar-refractivity contribution in [1.82, 2.24) is 20.1 Å². The quantitative estimate of drug-likeness (QED) is 0.369. The Labute approximate surface area is 208 Å². The van der Waals surface area contributed by atoms with Crippen molar-refractivity contribution in [3.63, 3.8) is 0 Å². The molecule has 0 bridgehead atoms. The Hall–Kier alpha value is -4.65. The van der Waals surface area contributed by atoms with Crippen LogP contribution in [0.3, 0.4) is 0 Å². The Morgan fingerprint density at radius 2 is 1.72 bits per heavy atom. The van der Waals surface area contributed by atoms with Gasteiger partial charge in [-0.2, -0.15) is 5.10 Å². The van der Waals surface area contributed by atoms with E-state index in [1.807, 2.05) is 97.4 Å². The summed E-state index contributed by atoms with van der Waals surface area (Å²) >= 11 is 0. The summed E-state index contributed by atoms with van der Waals surface area (Å²) in [5, 5.41) is 8.56. The van der Waals surface area contributed by atoms with Crippen LogP contribution >= 0.6 is 0 Å². The van der Waals surface area contributed by atoms with Gasteiger partial charge in [0.25, 0.3) is 5.91 Å². The van der Waals surface area contributed by atoms with E-state index in [2.05, 4.69) is 5.32 Å². The maximum Gasteiger partial charge on any atom is 0.252 e. The molecule has 178 valence electrons. The predicted octanol–water partition coefficient (Wildman–Crippen LogP) is 5.36. The van der Waals surface area contributed by atoms with Crippen molar-refractivity contribution in [3.05, 3.63) is 101 Å². The van der Waals surface area contributed by atoms with Crippen LogP contribution in [-0.4, -0.2) is 27.5 Å². The lowest BCUT2D eigenvalue weighted by molar-refractivity contribution is 0.0952. The highest BCUT2D eigenvalue weighted by Crippen LogP contribution is 2.33. The van der Waals surface area contributed by atoms with Gasteiger partial charge in [0.2, 0.25) is 6.79 Å². The number of aryl methyl sites for hydroxylation is 2. The third-order valence-corrected chi connectivity index (χ3v) is 6.30. The van der Waals surface area contributed by atoms with Crippen LogP contribution in [0, 0.1) is 13.8 Å². The maximum atomic E-state index is 13.6. The van der Waals surface area contributed by atoms with Crippen molar-refractivity contribution in [1.29, 1.82) is 0 Å². The molecule has 0 spiro atoms. The van der Waals surface area contributed by atoms with Gasteiger partial charge in [0.1, 0.15) is 0 Å². The fraction of sp³-hybridized carbons (Fsp3) is 0.138. The molecule has 1 amide bonds. The number of carbonyl (C=O) groups excluding carboxylic acids is 1. The number of hydrogen-bond donors (Lipinski definition) is 1. The largest absolute Gasteiger partial charge is 0.454 e. The third kappa shape index (κ3) is 3.94. The van der Waals surface area contributed by atoms with Crippen LogP contribution in [0.5, 0.6) is 11.5 Å². The van der Waals surface area contributed by atoms with Crippen LogP contribution in [-0.2, 0) is 6.54 Å². The molecule has 3 aromatic carbocycles. The lowest BCUT2D eigenvalue weighted by atomic mass is 10.0. The Morgan fingerprint density at radius 3 is 2.53 bits per heavy atom. The number of carbonyl (C=O) groups is 1. The highest BCUT2D eigenvalue weighted by atomic mass is 16.7. The molecule has 0 atom stereocenters. The second-order valence-corrected chi connectivity index (χ2v) is 8.82. The van der Waals surface area contributed by atoms with E-state index < -0.39 is 0 Å². The van der Waals surface area contributed by atoms with E-state index in [4.69, 9.17) is 19.6 Å². The summed E-state index contributed by atoms with van der Waals surface area (Å²) in [6.07, 6.45) is 0. The number of nitrogens with zero attached hydrogens (tertiary/aromatic N) is 3. The van der Waals surface area contributed by atoms with Crippen molar-refractivity contribution >= 4 is 16.9 Å². The first-order valence-corrected chi connectivity index (χ1v) is 11.8. The van der Waals surface area contributed by atoms with E-state index in [9.17, 15) is 4.79 Å². The summed E-state index contributed by atoms with van der Waals surface area (Å²) in [5.74, 6) is 1.21. The fourth-order valence-corrected chi connectivity index (χ4v) is 4.42. The number of nitrogens with one attached hydrogen (secondary N) is 1. The van der Waals surface area contributed by atoms with E-state index in [0.29, 0.717) is 34.9 Å². The summed E-state index contributed by atoms with van der Waals surface area (Å²) in [5.41, 5.74) is 6.54. The van der Waals surface area contributed by atoms with Gasteiger partial charge in [-0.25, -0.2) is 9.67 Å². The maximum absolute atomic E-state index is 13.6. The number of amides is 1. The second-order valence-electron chi connectivity index (χ2n) is 8.82. The average Bonchev–Trinajstić information content (AvgIpc) is 3.51. The van der Waals surface area contributed by atoms with Gasteiger partial charge in [-0.05, 0) is 49.7 Å². The zero-order chi connectivity index (χ0) is 24.6. The number of pyridine rings is 1. The Kier molecular flexibility index (Phi) is 5.37. The van der Waals surface area contributed by atoms with Gasteiger partial charge in [0, 0.05) is 12.1 Å². The molecular weight excluding hydrogens is 452 g/mol. The van der Waals surface area contributed by atoms with Crippen LogP contribution in [0.2, 0.25) is 0 Å². The lowest BCUT2D eigenvalue weighted by Crippen LogP contribution is -2.23. The zero-order valence-corrected chi connectivity index (χ0v) is 20.0. The fourth-order valence-electron chi connectivity index (χ4n) is 4.42. The smallest absolute Gasteiger partial charge is 0.252 e.